The second-order valence-electron chi connectivity index (χ2n) is 7.89. The van der Waals surface area contributed by atoms with Gasteiger partial charge in [0, 0.05) is 11.1 Å². The van der Waals surface area contributed by atoms with Gasteiger partial charge >= 0.3 is 5.97 Å². The number of aliphatic hydroxyl groups is 1. The maximum absolute atomic E-state index is 11.7. The molecule has 31 heavy (non-hydrogen) atoms. The van der Waals surface area contributed by atoms with E-state index in [1.54, 1.807) is 24.3 Å². The van der Waals surface area contributed by atoms with Crippen molar-refractivity contribution < 1.29 is 38.3 Å². The lowest BCUT2D eigenvalue weighted by Gasteiger charge is -2.44. The number of ether oxygens (including phenoxy) is 6. The minimum Gasteiger partial charge on any atom is -0.465 e. The van der Waals surface area contributed by atoms with E-state index in [9.17, 15) is 9.90 Å². The fourth-order valence-corrected chi connectivity index (χ4v) is 4.12. The van der Waals surface area contributed by atoms with Gasteiger partial charge < -0.3 is 33.5 Å². The molecule has 3 aliphatic heterocycles. The van der Waals surface area contributed by atoms with E-state index >= 15 is 0 Å². The molecule has 3 fully saturated rings. The van der Waals surface area contributed by atoms with Crippen molar-refractivity contribution >= 4 is 5.97 Å². The predicted octanol–water partition coefficient (Wildman–Crippen LogP) is 2.40. The van der Waals surface area contributed by atoms with E-state index < -0.39 is 49.3 Å². The Balaban J connectivity index is 1.33. The summed E-state index contributed by atoms with van der Waals surface area (Å²) in [5.74, 6) is -0.419. The van der Waals surface area contributed by atoms with Crippen LogP contribution in [-0.2, 0) is 28.4 Å². The number of carbonyl (C=O) groups excluding carboxylic acids is 1. The lowest BCUT2D eigenvalue weighted by molar-refractivity contribution is -0.340. The quantitative estimate of drug-likeness (QED) is 0.745. The molecule has 1 N–H and O–H groups in total. The largest absolute Gasteiger partial charge is 0.465 e. The zero-order chi connectivity index (χ0) is 21.5. The van der Waals surface area contributed by atoms with Gasteiger partial charge in [-0.05, 0) is 19.1 Å². The molecule has 2 aromatic rings. The number of carbonyl (C=O) groups is 1. The van der Waals surface area contributed by atoms with Crippen molar-refractivity contribution in [3.63, 3.8) is 0 Å². The highest BCUT2D eigenvalue weighted by Crippen LogP contribution is 2.42. The summed E-state index contributed by atoms with van der Waals surface area (Å²) >= 11 is 0. The zero-order valence-corrected chi connectivity index (χ0v) is 17.2. The lowest BCUT2D eigenvalue weighted by Crippen LogP contribution is -2.60. The number of benzene rings is 2. The number of aryl methyl sites for hydroxylation is 1. The standard InChI is InChI=1S/C23H24O8/c1-12-3-5-14(6-4-12)22-27-11-16-17(29-22)18-19(21(25)28-16)31-23(30-18)15-9-7-13(8-10-15)20(24)26-2/h3-10,16-19,21-23,25H,11H2,1-2H3. The molecule has 7 unspecified atom stereocenters. The molecule has 8 heteroatoms. The van der Waals surface area contributed by atoms with Crippen LogP contribution < -0.4 is 0 Å². The first kappa shape index (κ1) is 20.6. The average Bonchev–Trinajstić information content (AvgIpc) is 3.26. The van der Waals surface area contributed by atoms with Gasteiger partial charge in [-0.15, -0.1) is 0 Å². The van der Waals surface area contributed by atoms with E-state index in [1.165, 1.54) is 7.11 Å². The first-order valence-corrected chi connectivity index (χ1v) is 10.2. The van der Waals surface area contributed by atoms with Crippen LogP contribution in [0.25, 0.3) is 0 Å². The molecule has 8 nitrogen and oxygen atoms in total. The number of fused-ring (bicyclic) bond motifs is 3. The van der Waals surface area contributed by atoms with E-state index in [1.807, 2.05) is 31.2 Å². The van der Waals surface area contributed by atoms with Gasteiger partial charge in [-0.2, -0.15) is 0 Å². The lowest BCUT2D eigenvalue weighted by atomic mass is 9.98. The van der Waals surface area contributed by atoms with Crippen LogP contribution in [0.3, 0.4) is 0 Å². The molecular formula is C23H24O8. The Labute approximate surface area is 179 Å². The van der Waals surface area contributed by atoms with Gasteiger partial charge in [0.15, 0.2) is 18.9 Å². The second-order valence-corrected chi connectivity index (χ2v) is 7.89. The molecular weight excluding hydrogens is 404 g/mol. The smallest absolute Gasteiger partial charge is 0.337 e. The van der Waals surface area contributed by atoms with Gasteiger partial charge in [-0.3, -0.25) is 0 Å². The summed E-state index contributed by atoms with van der Waals surface area (Å²) in [5, 5.41) is 10.4. The van der Waals surface area contributed by atoms with E-state index in [0.29, 0.717) is 11.1 Å². The van der Waals surface area contributed by atoms with Crippen LogP contribution in [0.4, 0.5) is 0 Å². The Morgan fingerprint density at radius 1 is 0.871 bits per heavy atom. The van der Waals surface area contributed by atoms with Crippen LogP contribution in [0.15, 0.2) is 48.5 Å². The monoisotopic (exact) mass is 428 g/mol. The van der Waals surface area contributed by atoms with Crippen LogP contribution in [0.1, 0.15) is 39.6 Å². The molecule has 3 aliphatic rings. The van der Waals surface area contributed by atoms with Crippen LogP contribution in [0.5, 0.6) is 0 Å². The van der Waals surface area contributed by atoms with Crippen molar-refractivity contribution in [1.29, 1.82) is 0 Å². The highest BCUT2D eigenvalue weighted by Gasteiger charge is 2.55. The van der Waals surface area contributed by atoms with Crippen LogP contribution in [-0.4, -0.2) is 55.5 Å². The molecule has 0 aliphatic carbocycles. The van der Waals surface area contributed by atoms with Gasteiger partial charge in [0.05, 0.1) is 19.3 Å². The first-order valence-electron chi connectivity index (χ1n) is 10.2. The fourth-order valence-electron chi connectivity index (χ4n) is 4.12. The Hall–Kier alpha value is -2.33. The third-order valence-electron chi connectivity index (χ3n) is 5.82. The molecule has 3 saturated heterocycles. The van der Waals surface area contributed by atoms with E-state index in [2.05, 4.69) is 0 Å². The normalized spacial score (nSPS) is 34.6. The molecule has 164 valence electrons. The van der Waals surface area contributed by atoms with E-state index in [-0.39, 0.29) is 6.61 Å². The van der Waals surface area contributed by atoms with E-state index in [4.69, 9.17) is 28.4 Å². The molecule has 0 spiro atoms. The number of esters is 1. The molecule has 3 heterocycles. The molecule has 0 radical (unpaired) electrons. The minimum absolute atomic E-state index is 0.269. The van der Waals surface area contributed by atoms with Gasteiger partial charge in [-0.1, -0.05) is 42.0 Å². The summed E-state index contributed by atoms with van der Waals surface area (Å²) in [6, 6.07) is 14.7. The predicted molar refractivity (Wildman–Crippen MR) is 106 cm³/mol. The Morgan fingerprint density at radius 3 is 2.19 bits per heavy atom. The summed E-state index contributed by atoms with van der Waals surface area (Å²) < 4.78 is 34.6. The van der Waals surface area contributed by atoms with Crippen molar-refractivity contribution in [3.8, 4) is 0 Å². The maximum atomic E-state index is 11.7. The summed E-state index contributed by atoms with van der Waals surface area (Å²) in [6.45, 7) is 2.29. The Morgan fingerprint density at radius 2 is 1.48 bits per heavy atom. The molecule has 7 atom stereocenters. The average molecular weight is 428 g/mol. The zero-order valence-electron chi connectivity index (χ0n) is 17.2. The number of rotatable bonds is 3. The Bertz CT molecular complexity index is 928. The third-order valence-corrected chi connectivity index (χ3v) is 5.82. The van der Waals surface area contributed by atoms with Crippen molar-refractivity contribution in [1.82, 2.24) is 0 Å². The minimum atomic E-state index is -1.16. The number of aliphatic hydroxyl groups excluding tert-OH is 1. The van der Waals surface area contributed by atoms with Gasteiger partial charge in [0.1, 0.15) is 24.4 Å². The van der Waals surface area contributed by atoms with Gasteiger partial charge in [0.25, 0.3) is 0 Å². The third kappa shape index (κ3) is 3.87. The highest BCUT2D eigenvalue weighted by molar-refractivity contribution is 5.89. The fraction of sp³-hybridized carbons (Fsp3) is 0.435. The topological polar surface area (TPSA) is 92.7 Å². The van der Waals surface area contributed by atoms with Crippen LogP contribution in [0, 0.1) is 6.92 Å². The van der Waals surface area contributed by atoms with Crippen molar-refractivity contribution in [2.24, 2.45) is 0 Å². The number of hydrogen-bond donors (Lipinski definition) is 1. The summed E-state index contributed by atoms with van der Waals surface area (Å²) in [4.78, 5) is 11.7. The van der Waals surface area contributed by atoms with Crippen molar-refractivity contribution in [2.45, 2.75) is 50.2 Å². The summed E-state index contributed by atoms with van der Waals surface area (Å²) in [5.41, 5.74) is 3.20. The molecule has 0 saturated carbocycles. The highest BCUT2D eigenvalue weighted by atomic mass is 16.8. The van der Waals surface area contributed by atoms with Gasteiger partial charge in [0.2, 0.25) is 0 Å². The first-order chi connectivity index (χ1) is 15.0. The van der Waals surface area contributed by atoms with Crippen LogP contribution in [0.2, 0.25) is 0 Å². The summed E-state index contributed by atoms with van der Waals surface area (Å²) in [7, 11) is 1.33. The number of methoxy groups -OCH3 is 1. The second kappa shape index (κ2) is 8.31. The van der Waals surface area contributed by atoms with E-state index in [0.717, 1.165) is 11.1 Å². The van der Waals surface area contributed by atoms with Crippen molar-refractivity contribution in [3.05, 3.63) is 70.8 Å². The van der Waals surface area contributed by atoms with Crippen molar-refractivity contribution in [2.75, 3.05) is 13.7 Å². The molecule has 0 aromatic heterocycles. The SMILES string of the molecule is COC(=O)c1ccc(C2OC3C(O)OC4COC(c5ccc(C)cc5)OC4C3O2)cc1. The molecule has 0 bridgehead atoms. The summed E-state index contributed by atoms with van der Waals surface area (Å²) in [6.07, 6.45) is -4.60. The van der Waals surface area contributed by atoms with Crippen LogP contribution >= 0.6 is 0 Å². The van der Waals surface area contributed by atoms with Gasteiger partial charge in [-0.25, -0.2) is 4.79 Å². The molecule has 2 aromatic carbocycles. The molecule has 5 rings (SSSR count). The Kier molecular flexibility index (Phi) is 5.51. The maximum Gasteiger partial charge on any atom is 0.337 e. The molecule has 0 amide bonds. The number of hydrogen-bond acceptors (Lipinski definition) is 8.